The number of carbonyl (C=O) groups is 2. The number of rotatable bonds is 3. The molecule has 1 aromatic carbocycles. The molecule has 1 atom stereocenters. The third-order valence-corrected chi connectivity index (χ3v) is 4.50. The van der Waals surface area contributed by atoms with Gasteiger partial charge in [0.15, 0.2) is 5.78 Å². The predicted octanol–water partition coefficient (Wildman–Crippen LogP) is 3.27. The lowest BCUT2D eigenvalue weighted by atomic mass is 9.85. The number of fused-ring (bicyclic) bond motifs is 1. The van der Waals surface area contributed by atoms with Crippen molar-refractivity contribution in [1.29, 1.82) is 0 Å². The van der Waals surface area contributed by atoms with Gasteiger partial charge in [-0.15, -0.1) is 0 Å². The van der Waals surface area contributed by atoms with Gasteiger partial charge in [0, 0.05) is 11.3 Å². The molecule has 1 N–H and O–H groups in total. The molecule has 0 radical (unpaired) electrons. The Hall–Kier alpha value is -1.16. The molecular formula is C14H16BrNO2. The number of nitrogens with one attached hydrogen (secondary N) is 1. The summed E-state index contributed by atoms with van der Waals surface area (Å²) in [6.07, 6.45) is 0.747. The maximum Gasteiger partial charge on any atom is 0.234 e. The number of carbonyl (C=O) groups excluding carboxylic acids is 2. The molecule has 1 heterocycles. The number of alkyl halides is 1. The van der Waals surface area contributed by atoms with E-state index < -0.39 is 5.41 Å². The van der Waals surface area contributed by atoms with Crippen LogP contribution in [0.4, 0.5) is 5.69 Å². The third kappa shape index (κ3) is 1.99. The molecule has 1 unspecified atom stereocenters. The molecule has 4 heteroatoms. The van der Waals surface area contributed by atoms with E-state index in [1.54, 1.807) is 6.07 Å². The molecule has 0 spiro atoms. The third-order valence-electron chi connectivity index (χ3n) is 3.44. The summed E-state index contributed by atoms with van der Waals surface area (Å²) in [7, 11) is 0. The van der Waals surface area contributed by atoms with Gasteiger partial charge in [-0.25, -0.2) is 0 Å². The van der Waals surface area contributed by atoms with E-state index in [2.05, 4.69) is 21.2 Å². The second-order valence-electron chi connectivity index (χ2n) is 5.08. The van der Waals surface area contributed by atoms with Crippen molar-refractivity contribution in [3.8, 4) is 0 Å². The van der Waals surface area contributed by atoms with Crippen molar-refractivity contribution >= 4 is 33.3 Å². The van der Waals surface area contributed by atoms with Crippen LogP contribution in [-0.2, 0) is 10.2 Å². The lowest BCUT2D eigenvalue weighted by Crippen LogP contribution is -2.27. The van der Waals surface area contributed by atoms with E-state index in [0.29, 0.717) is 5.56 Å². The van der Waals surface area contributed by atoms with E-state index in [1.165, 1.54) is 0 Å². The van der Waals surface area contributed by atoms with Crippen LogP contribution in [0.25, 0.3) is 0 Å². The van der Waals surface area contributed by atoms with Gasteiger partial charge in [-0.05, 0) is 44.0 Å². The number of hydrogen-bond acceptors (Lipinski definition) is 2. The average Bonchev–Trinajstić information content (AvgIpc) is 2.58. The van der Waals surface area contributed by atoms with E-state index in [1.807, 2.05) is 32.9 Å². The summed E-state index contributed by atoms with van der Waals surface area (Å²) in [5, 5.41) is 2.84. The van der Waals surface area contributed by atoms with Gasteiger partial charge in [-0.1, -0.05) is 22.9 Å². The van der Waals surface area contributed by atoms with Crippen molar-refractivity contribution < 1.29 is 9.59 Å². The number of hydrogen-bond donors (Lipinski definition) is 1. The Morgan fingerprint density at radius 1 is 1.44 bits per heavy atom. The first-order valence-corrected chi connectivity index (χ1v) is 6.93. The Balaban J connectivity index is 2.43. The normalized spacial score (nSPS) is 18.1. The SMILES string of the molecule is CCC(Br)C(=O)c1ccc2c(c1)C(C)(C)C(=O)N2. The van der Waals surface area contributed by atoms with Gasteiger partial charge in [-0.2, -0.15) is 0 Å². The van der Waals surface area contributed by atoms with Crippen molar-refractivity contribution in [2.75, 3.05) is 5.32 Å². The second-order valence-corrected chi connectivity index (χ2v) is 6.18. The van der Waals surface area contributed by atoms with Crippen LogP contribution in [0.15, 0.2) is 18.2 Å². The van der Waals surface area contributed by atoms with Gasteiger partial charge < -0.3 is 5.32 Å². The van der Waals surface area contributed by atoms with Gasteiger partial charge in [-0.3, -0.25) is 9.59 Å². The molecule has 0 saturated heterocycles. The topological polar surface area (TPSA) is 46.2 Å². The van der Waals surface area contributed by atoms with E-state index >= 15 is 0 Å². The molecule has 0 aromatic heterocycles. The minimum atomic E-state index is -0.570. The van der Waals surface area contributed by atoms with Crippen molar-refractivity contribution in [3.05, 3.63) is 29.3 Å². The highest BCUT2D eigenvalue weighted by molar-refractivity contribution is 9.10. The molecule has 96 valence electrons. The monoisotopic (exact) mass is 309 g/mol. The Bertz CT molecular complexity index is 523. The van der Waals surface area contributed by atoms with Crippen LogP contribution in [0.5, 0.6) is 0 Å². The Morgan fingerprint density at radius 2 is 2.11 bits per heavy atom. The first kappa shape index (κ1) is 13.3. The van der Waals surface area contributed by atoms with Crippen LogP contribution in [0.3, 0.4) is 0 Å². The van der Waals surface area contributed by atoms with Gasteiger partial charge in [0.25, 0.3) is 0 Å². The molecule has 0 aliphatic carbocycles. The fourth-order valence-electron chi connectivity index (χ4n) is 2.09. The van der Waals surface area contributed by atoms with E-state index in [9.17, 15) is 9.59 Å². The molecule has 3 nitrogen and oxygen atoms in total. The number of Topliss-reactive ketones (excluding diaryl/α,β-unsaturated/α-hetero) is 1. The smallest absolute Gasteiger partial charge is 0.234 e. The summed E-state index contributed by atoms with van der Waals surface area (Å²) in [6, 6.07) is 5.41. The van der Waals surface area contributed by atoms with Gasteiger partial charge in [0.05, 0.1) is 10.2 Å². The zero-order valence-corrected chi connectivity index (χ0v) is 12.3. The highest BCUT2D eigenvalue weighted by Crippen LogP contribution is 2.38. The summed E-state index contributed by atoms with van der Waals surface area (Å²) in [5.74, 6) is 0.0448. The number of ketones is 1. The van der Waals surface area contributed by atoms with Crippen LogP contribution < -0.4 is 5.32 Å². The Labute approximate surface area is 115 Å². The zero-order chi connectivity index (χ0) is 13.5. The standard InChI is InChI=1S/C14H16BrNO2/c1-4-10(15)12(17)8-5-6-11-9(7-8)14(2,3)13(18)16-11/h5-7,10H,4H2,1-3H3,(H,16,18). The van der Waals surface area contributed by atoms with Crippen LogP contribution in [0, 0.1) is 0 Å². The molecule has 1 aliphatic heterocycles. The number of anilines is 1. The van der Waals surface area contributed by atoms with Gasteiger partial charge in [0.2, 0.25) is 5.91 Å². The zero-order valence-electron chi connectivity index (χ0n) is 10.7. The fraction of sp³-hybridized carbons (Fsp3) is 0.429. The van der Waals surface area contributed by atoms with E-state index in [4.69, 9.17) is 0 Å². The summed E-state index contributed by atoms with van der Waals surface area (Å²) < 4.78 is 0. The van der Waals surface area contributed by atoms with Crippen LogP contribution in [0.1, 0.15) is 43.1 Å². The molecule has 1 amide bonds. The van der Waals surface area contributed by atoms with Crippen molar-refractivity contribution in [1.82, 2.24) is 0 Å². The molecule has 1 aromatic rings. The van der Waals surface area contributed by atoms with Crippen molar-refractivity contribution in [2.45, 2.75) is 37.4 Å². The van der Waals surface area contributed by atoms with E-state index in [0.717, 1.165) is 17.7 Å². The molecule has 18 heavy (non-hydrogen) atoms. The molecular weight excluding hydrogens is 294 g/mol. The molecule has 0 bridgehead atoms. The van der Waals surface area contributed by atoms with Crippen molar-refractivity contribution in [2.24, 2.45) is 0 Å². The minimum Gasteiger partial charge on any atom is -0.325 e. The fourth-order valence-corrected chi connectivity index (χ4v) is 2.36. The minimum absolute atomic E-state index is 0.0204. The summed E-state index contributed by atoms with van der Waals surface area (Å²) in [6.45, 7) is 5.70. The molecule has 0 saturated carbocycles. The quantitative estimate of drug-likeness (QED) is 0.688. The lowest BCUT2D eigenvalue weighted by Gasteiger charge is -2.16. The number of amides is 1. The van der Waals surface area contributed by atoms with Crippen LogP contribution >= 0.6 is 15.9 Å². The molecule has 1 aliphatic rings. The number of benzene rings is 1. The van der Waals surface area contributed by atoms with Crippen molar-refractivity contribution in [3.63, 3.8) is 0 Å². The summed E-state index contributed by atoms with van der Waals surface area (Å²) in [5.41, 5.74) is 1.79. The Kier molecular flexibility index (Phi) is 3.32. The first-order valence-electron chi connectivity index (χ1n) is 6.02. The van der Waals surface area contributed by atoms with Crippen LogP contribution in [0.2, 0.25) is 0 Å². The maximum absolute atomic E-state index is 12.1. The van der Waals surface area contributed by atoms with Gasteiger partial charge in [0.1, 0.15) is 0 Å². The van der Waals surface area contributed by atoms with E-state index in [-0.39, 0.29) is 16.5 Å². The second kappa shape index (κ2) is 4.50. The largest absolute Gasteiger partial charge is 0.325 e. The highest BCUT2D eigenvalue weighted by atomic mass is 79.9. The van der Waals surface area contributed by atoms with Gasteiger partial charge >= 0.3 is 0 Å². The lowest BCUT2D eigenvalue weighted by molar-refractivity contribution is -0.119. The molecule has 0 fully saturated rings. The maximum atomic E-state index is 12.1. The number of halogens is 1. The Morgan fingerprint density at radius 3 is 2.72 bits per heavy atom. The summed E-state index contributed by atoms with van der Waals surface area (Å²) >= 11 is 3.37. The average molecular weight is 310 g/mol. The first-order chi connectivity index (χ1) is 8.37. The summed E-state index contributed by atoms with van der Waals surface area (Å²) in [4.78, 5) is 23.8. The highest BCUT2D eigenvalue weighted by Gasteiger charge is 2.38. The predicted molar refractivity (Wildman–Crippen MR) is 75.4 cm³/mol. The molecule has 2 rings (SSSR count). The van der Waals surface area contributed by atoms with Crippen LogP contribution in [-0.4, -0.2) is 16.5 Å².